The molecular weight excluding hydrogens is 282 g/mol. The van der Waals surface area contributed by atoms with Gasteiger partial charge in [-0.25, -0.2) is 9.50 Å². The smallest absolute Gasteiger partial charge is 0.180 e. The average molecular weight is 297 g/mol. The first-order valence-corrected chi connectivity index (χ1v) is 6.72. The van der Waals surface area contributed by atoms with Crippen LogP contribution in [0.15, 0.2) is 36.5 Å². The minimum absolute atomic E-state index is 0.0937. The van der Waals surface area contributed by atoms with Gasteiger partial charge in [-0.05, 0) is 24.3 Å². The molecule has 3 rings (SSSR count). The molecule has 0 saturated carbocycles. The highest BCUT2D eigenvalue weighted by Gasteiger charge is 2.12. The van der Waals surface area contributed by atoms with Crippen molar-refractivity contribution in [1.82, 2.24) is 14.6 Å². The van der Waals surface area contributed by atoms with Gasteiger partial charge in [0.1, 0.15) is 5.69 Å². The lowest BCUT2D eigenvalue weighted by Crippen LogP contribution is -1.98. The van der Waals surface area contributed by atoms with Crippen LogP contribution in [0.5, 0.6) is 11.5 Å². The standard InChI is InChI=1S/C16H15N3O3/c1-10(20)12-9-16-17-7-6-13(19(16)18-12)11-4-5-14(21-2)15(8-11)22-3/h4-9H,1-3H3. The van der Waals surface area contributed by atoms with E-state index in [4.69, 9.17) is 9.47 Å². The van der Waals surface area contributed by atoms with Gasteiger partial charge in [-0.1, -0.05) is 0 Å². The zero-order valence-electron chi connectivity index (χ0n) is 12.5. The van der Waals surface area contributed by atoms with E-state index in [-0.39, 0.29) is 5.78 Å². The Morgan fingerprint density at radius 1 is 1.09 bits per heavy atom. The van der Waals surface area contributed by atoms with Crippen molar-refractivity contribution in [1.29, 1.82) is 0 Å². The molecule has 1 aromatic carbocycles. The van der Waals surface area contributed by atoms with Crippen molar-refractivity contribution < 1.29 is 14.3 Å². The first kappa shape index (κ1) is 14.1. The van der Waals surface area contributed by atoms with Gasteiger partial charge in [0.05, 0.1) is 19.9 Å². The molecule has 0 amide bonds. The van der Waals surface area contributed by atoms with Crippen LogP contribution < -0.4 is 9.47 Å². The Hall–Kier alpha value is -2.89. The molecular formula is C16H15N3O3. The van der Waals surface area contributed by atoms with E-state index in [0.717, 1.165) is 11.3 Å². The van der Waals surface area contributed by atoms with Crippen LogP contribution >= 0.6 is 0 Å². The SMILES string of the molecule is COc1ccc(-c2ccnc3cc(C(C)=O)nn23)cc1OC. The number of hydrogen-bond donors (Lipinski definition) is 0. The summed E-state index contributed by atoms with van der Waals surface area (Å²) in [5, 5.41) is 4.32. The van der Waals surface area contributed by atoms with E-state index in [1.165, 1.54) is 6.92 Å². The van der Waals surface area contributed by atoms with E-state index in [0.29, 0.717) is 22.8 Å². The van der Waals surface area contributed by atoms with E-state index in [9.17, 15) is 4.79 Å². The highest BCUT2D eigenvalue weighted by Crippen LogP contribution is 2.32. The monoisotopic (exact) mass is 297 g/mol. The van der Waals surface area contributed by atoms with E-state index in [1.54, 1.807) is 31.0 Å². The lowest BCUT2D eigenvalue weighted by Gasteiger charge is -2.10. The first-order chi connectivity index (χ1) is 10.6. The molecule has 0 spiro atoms. The molecule has 0 aliphatic rings. The summed E-state index contributed by atoms with van der Waals surface area (Å²) in [6.45, 7) is 1.48. The molecule has 0 radical (unpaired) electrons. The predicted molar refractivity (Wildman–Crippen MR) is 81.5 cm³/mol. The topological polar surface area (TPSA) is 65.7 Å². The van der Waals surface area contributed by atoms with E-state index in [2.05, 4.69) is 10.1 Å². The molecule has 0 fully saturated rings. The molecule has 0 unspecified atom stereocenters. The van der Waals surface area contributed by atoms with Gasteiger partial charge in [-0.2, -0.15) is 5.10 Å². The number of methoxy groups -OCH3 is 2. The fourth-order valence-corrected chi connectivity index (χ4v) is 2.28. The number of ether oxygens (including phenoxy) is 2. The summed E-state index contributed by atoms with van der Waals surface area (Å²) in [6.07, 6.45) is 1.69. The minimum atomic E-state index is -0.0937. The van der Waals surface area contributed by atoms with Gasteiger partial charge >= 0.3 is 0 Å². The van der Waals surface area contributed by atoms with Gasteiger partial charge in [0.2, 0.25) is 0 Å². The molecule has 0 saturated heterocycles. The predicted octanol–water partition coefficient (Wildman–Crippen LogP) is 2.62. The second kappa shape index (κ2) is 5.48. The Bertz CT molecular complexity index is 855. The molecule has 0 aliphatic carbocycles. The summed E-state index contributed by atoms with van der Waals surface area (Å²) in [7, 11) is 3.18. The molecule has 112 valence electrons. The fraction of sp³-hybridized carbons (Fsp3) is 0.188. The summed E-state index contributed by atoms with van der Waals surface area (Å²) < 4.78 is 12.2. The number of nitrogens with zero attached hydrogens (tertiary/aromatic N) is 3. The number of carbonyl (C=O) groups is 1. The summed E-state index contributed by atoms with van der Waals surface area (Å²) in [4.78, 5) is 15.7. The number of fused-ring (bicyclic) bond motifs is 1. The molecule has 0 atom stereocenters. The largest absolute Gasteiger partial charge is 0.493 e. The van der Waals surface area contributed by atoms with Crippen molar-refractivity contribution in [3.8, 4) is 22.8 Å². The van der Waals surface area contributed by atoms with Gasteiger partial charge in [0, 0.05) is 24.8 Å². The van der Waals surface area contributed by atoms with Crippen molar-refractivity contribution in [3.05, 3.63) is 42.2 Å². The lowest BCUT2D eigenvalue weighted by molar-refractivity contribution is 0.101. The second-order valence-electron chi connectivity index (χ2n) is 4.76. The quantitative estimate of drug-likeness (QED) is 0.693. The maximum Gasteiger partial charge on any atom is 0.180 e. The van der Waals surface area contributed by atoms with Crippen molar-refractivity contribution in [2.45, 2.75) is 6.92 Å². The molecule has 0 aliphatic heterocycles. The van der Waals surface area contributed by atoms with Crippen molar-refractivity contribution >= 4 is 11.4 Å². The number of carbonyl (C=O) groups excluding carboxylic acids is 1. The third-order valence-corrected chi connectivity index (χ3v) is 3.40. The van der Waals surface area contributed by atoms with Crippen molar-refractivity contribution in [2.24, 2.45) is 0 Å². The lowest BCUT2D eigenvalue weighted by atomic mass is 10.1. The highest BCUT2D eigenvalue weighted by atomic mass is 16.5. The van der Waals surface area contributed by atoms with E-state index < -0.39 is 0 Å². The van der Waals surface area contributed by atoms with Crippen LogP contribution in [0, 0.1) is 0 Å². The highest BCUT2D eigenvalue weighted by molar-refractivity contribution is 5.93. The van der Waals surface area contributed by atoms with Gasteiger partial charge in [-0.15, -0.1) is 0 Å². The van der Waals surface area contributed by atoms with Crippen LogP contribution in [0.25, 0.3) is 16.9 Å². The number of benzene rings is 1. The van der Waals surface area contributed by atoms with Gasteiger partial charge in [0.25, 0.3) is 0 Å². The first-order valence-electron chi connectivity index (χ1n) is 6.72. The van der Waals surface area contributed by atoms with Crippen LogP contribution in [0.3, 0.4) is 0 Å². The van der Waals surface area contributed by atoms with Gasteiger partial charge in [-0.3, -0.25) is 4.79 Å². The summed E-state index contributed by atoms with van der Waals surface area (Å²) in [6, 6.07) is 9.11. The number of ketones is 1. The zero-order valence-corrected chi connectivity index (χ0v) is 12.5. The maximum absolute atomic E-state index is 11.5. The molecule has 6 heteroatoms. The fourth-order valence-electron chi connectivity index (χ4n) is 2.28. The molecule has 0 N–H and O–H groups in total. The zero-order chi connectivity index (χ0) is 15.7. The number of Topliss-reactive ketones (excluding diaryl/α,β-unsaturated/α-hetero) is 1. The van der Waals surface area contributed by atoms with Crippen LogP contribution in [0.4, 0.5) is 0 Å². The number of aromatic nitrogens is 3. The second-order valence-corrected chi connectivity index (χ2v) is 4.76. The van der Waals surface area contributed by atoms with Crippen molar-refractivity contribution in [2.75, 3.05) is 14.2 Å². The van der Waals surface area contributed by atoms with Crippen LogP contribution in [0.1, 0.15) is 17.4 Å². The average Bonchev–Trinajstić information content (AvgIpc) is 2.98. The van der Waals surface area contributed by atoms with Gasteiger partial charge in [0.15, 0.2) is 22.9 Å². The third kappa shape index (κ3) is 2.28. The molecule has 6 nitrogen and oxygen atoms in total. The van der Waals surface area contributed by atoms with Crippen LogP contribution in [-0.2, 0) is 0 Å². The normalized spacial score (nSPS) is 10.7. The number of hydrogen-bond acceptors (Lipinski definition) is 5. The van der Waals surface area contributed by atoms with Crippen LogP contribution in [0.2, 0.25) is 0 Å². The summed E-state index contributed by atoms with van der Waals surface area (Å²) >= 11 is 0. The molecule has 22 heavy (non-hydrogen) atoms. The Kier molecular flexibility index (Phi) is 3.50. The Morgan fingerprint density at radius 2 is 1.86 bits per heavy atom. The van der Waals surface area contributed by atoms with Gasteiger partial charge < -0.3 is 9.47 Å². The molecule has 2 aromatic heterocycles. The minimum Gasteiger partial charge on any atom is -0.493 e. The third-order valence-electron chi connectivity index (χ3n) is 3.40. The van der Waals surface area contributed by atoms with E-state index in [1.807, 2.05) is 24.3 Å². The Balaban J connectivity index is 2.19. The van der Waals surface area contributed by atoms with Crippen molar-refractivity contribution in [3.63, 3.8) is 0 Å². The molecule has 2 heterocycles. The molecule has 3 aromatic rings. The summed E-state index contributed by atoms with van der Waals surface area (Å²) in [5.74, 6) is 1.19. The van der Waals surface area contributed by atoms with E-state index >= 15 is 0 Å². The van der Waals surface area contributed by atoms with Crippen LogP contribution in [-0.4, -0.2) is 34.6 Å². The Labute approximate surface area is 127 Å². The molecule has 0 bridgehead atoms. The Morgan fingerprint density at radius 3 is 2.55 bits per heavy atom. The summed E-state index contributed by atoms with van der Waals surface area (Å²) in [5.41, 5.74) is 2.72. The maximum atomic E-state index is 11.5. The number of rotatable bonds is 4.